The van der Waals surface area contributed by atoms with Gasteiger partial charge in [-0.3, -0.25) is 0 Å². The minimum Gasteiger partial charge on any atom is -0.491 e. The lowest BCUT2D eigenvalue weighted by Crippen LogP contribution is -2.33. The molecule has 2 atom stereocenters. The number of rotatable bonds is 9. The maximum absolute atomic E-state index is 12.9. The summed E-state index contributed by atoms with van der Waals surface area (Å²) >= 11 is 0. The largest absolute Gasteiger partial charge is 0.491 e. The number of hydrogen-bond donors (Lipinski definition) is 2. The molecule has 2 N–H and O–H groups in total. The van der Waals surface area contributed by atoms with Crippen molar-refractivity contribution in [3.05, 3.63) is 65.5 Å². The molecule has 5 nitrogen and oxygen atoms in total. The van der Waals surface area contributed by atoms with E-state index in [0.717, 1.165) is 5.56 Å². The zero-order valence-corrected chi connectivity index (χ0v) is 14.9. The predicted octanol–water partition coefficient (Wildman–Crippen LogP) is 3.09. The number of carbonyl (C=O) groups excluding carboxylic acids is 1. The third-order valence-corrected chi connectivity index (χ3v) is 3.84. The van der Waals surface area contributed by atoms with Gasteiger partial charge in [0, 0.05) is 12.6 Å². The predicted molar refractivity (Wildman–Crippen MR) is 96.7 cm³/mol. The van der Waals surface area contributed by atoms with Gasteiger partial charge >= 0.3 is 5.97 Å². The van der Waals surface area contributed by atoms with Gasteiger partial charge in [-0.1, -0.05) is 12.1 Å². The highest BCUT2D eigenvalue weighted by molar-refractivity contribution is 5.89. The molecular formula is C20H24FNO4. The van der Waals surface area contributed by atoms with Crippen LogP contribution in [0.15, 0.2) is 48.5 Å². The second kappa shape index (κ2) is 9.89. The Kier molecular flexibility index (Phi) is 7.56. The molecule has 0 spiro atoms. The molecule has 0 bridgehead atoms. The fourth-order valence-corrected chi connectivity index (χ4v) is 2.34. The third kappa shape index (κ3) is 6.13. The Labute approximate surface area is 152 Å². The molecule has 0 aromatic heterocycles. The summed E-state index contributed by atoms with van der Waals surface area (Å²) in [7, 11) is 0. The summed E-state index contributed by atoms with van der Waals surface area (Å²) in [5.74, 6) is -0.0925. The van der Waals surface area contributed by atoms with Gasteiger partial charge in [0.25, 0.3) is 0 Å². The summed E-state index contributed by atoms with van der Waals surface area (Å²) in [5.41, 5.74) is 1.39. The quantitative estimate of drug-likeness (QED) is 0.672. The van der Waals surface area contributed by atoms with Crippen LogP contribution in [0.5, 0.6) is 5.75 Å². The van der Waals surface area contributed by atoms with Gasteiger partial charge in [0.15, 0.2) is 0 Å². The molecule has 6 heteroatoms. The molecular weight excluding hydrogens is 337 g/mol. The van der Waals surface area contributed by atoms with E-state index in [2.05, 4.69) is 5.32 Å². The minimum absolute atomic E-state index is 0.0193. The number of ether oxygens (including phenoxy) is 2. The number of aliphatic hydroxyl groups excluding tert-OH is 1. The molecule has 0 aliphatic rings. The first-order valence-electron chi connectivity index (χ1n) is 8.56. The lowest BCUT2D eigenvalue weighted by molar-refractivity contribution is 0.0526. The van der Waals surface area contributed by atoms with Crippen molar-refractivity contribution in [3.8, 4) is 5.75 Å². The molecule has 0 radical (unpaired) electrons. The summed E-state index contributed by atoms with van der Waals surface area (Å²) in [6.07, 6.45) is -0.706. The Morgan fingerprint density at radius 3 is 2.42 bits per heavy atom. The minimum atomic E-state index is -0.706. The second-order valence-electron chi connectivity index (χ2n) is 5.89. The van der Waals surface area contributed by atoms with Crippen molar-refractivity contribution in [3.63, 3.8) is 0 Å². The van der Waals surface area contributed by atoms with Crippen LogP contribution in [0.2, 0.25) is 0 Å². The van der Waals surface area contributed by atoms with E-state index in [1.807, 2.05) is 6.92 Å². The number of hydrogen-bond acceptors (Lipinski definition) is 5. The number of aliphatic hydroxyl groups is 1. The standard InChI is InChI=1S/C20H24FNO4/c1-3-25-20(24)16-6-10-19(11-7-16)26-13-18(23)12-22-14(2)15-4-8-17(21)9-5-15/h4-11,14,18,22-23H,3,12-13H2,1-2H3. The summed E-state index contributed by atoms with van der Waals surface area (Å²) in [6.45, 7) is 4.46. The first-order chi connectivity index (χ1) is 12.5. The Hall–Kier alpha value is -2.44. The number of benzene rings is 2. The highest BCUT2D eigenvalue weighted by Crippen LogP contribution is 2.14. The molecule has 26 heavy (non-hydrogen) atoms. The van der Waals surface area contributed by atoms with Gasteiger partial charge in [0.2, 0.25) is 0 Å². The van der Waals surface area contributed by atoms with Crippen molar-refractivity contribution in [1.82, 2.24) is 5.32 Å². The van der Waals surface area contributed by atoms with E-state index < -0.39 is 6.10 Å². The van der Waals surface area contributed by atoms with Crippen molar-refractivity contribution in [2.45, 2.75) is 26.0 Å². The van der Waals surface area contributed by atoms with E-state index in [9.17, 15) is 14.3 Å². The van der Waals surface area contributed by atoms with E-state index in [4.69, 9.17) is 9.47 Å². The van der Waals surface area contributed by atoms with Gasteiger partial charge in [0.1, 0.15) is 24.3 Å². The van der Waals surface area contributed by atoms with E-state index >= 15 is 0 Å². The van der Waals surface area contributed by atoms with Crippen molar-refractivity contribution >= 4 is 5.97 Å². The summed E-state index contributed by atoms with van der Waals surface area (Å²) in [6, 6.07) is 12.8. The number of esters is 1. The molecule has 0 aliphatic heterocycles. The molecule has 2 rings (SSSR count). The van der Waals surface area contributed by atoms with Crippen molar-refractivity contribution in [2.24, 2.45) is 0 Å². The van der Waals surface area contributed by atoms with Crippen LogP contribution in [0.1, 0.15) is 35.8 Å². The molecule has 0 saturated heterocycles. The van der Waals surface area contributed by atoms with Gasteiger partial charge < -0.3 is 19.9 Å². The first-order valence-corrected chi connectivity index (χ1v) is 8.56. The van der Waals surface area contributed by atoms with E-state index in [0.29, 0.717) is 24.5 Å². The summed E-state index contributed by atoms with van der Waals surface area (Å²) in [4.78, 5) is 11.6. The van der Waals surface area contributed by atoms with Crippen LogP contribution in [0.25, 0.3) is 0 Å². The zero-order valence-electron chi connectivity index (χ0n) is 14.9. The van der Waals surface area contributed by atoms with E-state index in [-0.39, 0.29) is 24.4 Å². The fraction of sp³-hybridized carbons (Fsp3) is 0.350. The number of carbonyl (C=O) groups is 1. The van der Waals surface area contributed by atoms with Gasteiger partial charge in [0.05, 0.1) is 12.2 Å². The van der Waals surface area contributed by atoms with E-state index in [1.54, 1.807) is 43.3 Å². The molecule has 2 aromatic carbocycles. The smallest absolute Gasteiger partial charge is 0.338 e. The SMILES string of the molecule is CCOC(=O)c1ccc(OCC(O)CNC(C)c2ccc(F)cc2)cc1. The van der Waals surface area contributed by atoms with Crippen LogP contribution in [-0.4, -0.2) is 36.9 Å². The number of halogens is 1. The lowest BCUT2D eigenvalue weighted by Gasteiger charge is -2.18. The highest BCUT2D eigenvalue weighted by Gasteiger charge is 2.11. The molecule has 0 saturated carbocycles. The number of nitrogens with one attached hydrogen (secondary N) is 1. The monoisotopic (exact) mass is 361 g/mol. The Bertz CT molecular complexity index is 688. The van der Waals surface area contributed by atoms with Crippen molar-refractivity contribution in [2.75, 3.05) is 19.8 Å². The topological polar surface area (TPSA) is 67.8 Å². The van der Waals surface area contributed by atoms with Gasteiger partial charge in [-0.15, -0.1) is 0 Å². The molecule has 0 amide bonds. The summed E-state index contributed by atoms with van der Waals surface area (Å²) < 4.78 is 23.4. The normalized spacial score (nSPS) is 13.1. The molecule has 0 heterocycles. The van der Waals surface area contributed by atoms with Crippen LogP contribution in [0, 0.1) is 5.82 Å². The lowest BCUT2D eigenvalue weighted by atomic mass is 10.1. The Morgan fingerprint density at radius 1 is 1.15 bits per heavy atom. The van der Waals surface area contributed by atoms with Crippen LogP contribution in [0.3, 0.4) is 0 Å². The van der Waals surface area contributed by atoms with Gasteiger partial charge in [-0.05, 0) is 55.8 Å². The zero-order chi connectivity index (χ0) is 18.9. The highest BCUT2D eigenvalue weighted by atomic mass is 19.1. The third-order valence-electron chi connectivity index (χ3n) is 3.84. The maximum Gasteiger partial charge on any atom is 0.338 e. The van der Waals surface area contributed by atoms with Gasteiger partial charge in [-0.2, -0.15) is 0 Å². The van der Waals surface area contributed by atoms with Crippen LogP contribution in [0.4, 0.5) is 4.39 Å². The average molecular weight is 361 g/mol. The second-order valence-corrected chi connectivity index (χ2v) is 5.89. The molecule has 2 unspecified atom stereocenters. The molecule has 140 valence electrons. The van der Waals surface area contributed by atoms with E-state index in [1.165, 1.54) is 12.1 Å². The van der Waals surface area contributed by atoms with Crippen LogP contribution in [-0.2, 0) is 4.74 Å². The van der Waals surface area contributed by atoms with Crippen molar-refractivity contribution < 1.29 is 23.8 Å². The maximum atomic E-state index is 12.9. The first kappa shape index (κ1) is 19.9. The molecule has 2 aromatic rings. The van der Waals surface area contributed by atoms with Crippen LogP contribution < -0.4 is 10.1 Å². The van der Waals surface area contributed by atoms with Crippen molar-refractivity contribution in [1.29, 1.82) is 0 Å². The average Bonchev–Trinajstić information content (AvgIpc) is 2.65. The Balaban J connectivity index is 1.75. The molecule has 0 fully saturated rings. The summed E-state index contributed by atoms with van der Waals surface area (Å²) in [5, 5.41) is 13.2. The molecule has 0 aliphatic carbocycles. The van der Waals surface area contributed by atoms with Crippen LogP contribution >= 0.6 is 0 Å². The fourth-order valence-electron chi connectivity index (χ4n) is 2.34. The Morgan fingerprint density at radius 2 is 1.81 bits per heavy atom. The van der Waals surface area contributed by atoms with Gasteiger partial charge in [-0.25, -0.2) is 9.18 Å².